The van der Waals surface area contributed by atoms with Crippen LogP contribution < -0.4 is 0 Å². The van der Waals surface area contributed by atoms with Gasteiger partial charge in [0.1, 0.15) is 12.7 Å². The van der Waals surface area contributed by atoms with E-state index in [0.29, 0.717) is 25.7 Å². The molecule has 12 heteroatoms. The molecule has 0 aliphatic carbocycles. The second-order valence-electron chi connectivity index (χ2n) is 18.0. The maximum absolute atomic E-state index is 12.9. The molecule has 0 bridgehead atoms. The molecule has 0 saturated carbocycles. The smallest absolute Gasteiger partial charge is 0.462 e. The maximum Gasteiger partial charge on any atom is 0.472 e. The van der Waals surface area contributed by atoms with E-state index in [9.17, 15) is 28.9 Å². The lowest BCUT2D eigenvalue weighted by Gasteiger charge is -2.21. The van der Waals surface area contributed by atoms with Gasteiger partial charge >= 0.3 is 25.7 Å². The Labute approximate surface area is 437 Å². The summed E-state index contributed by atoms with van der Waals surface area (Å²) >= 11 is 0. The van der Waals surface area contributed by atoms with Crippen LogP contribution in [0.5, 0.6) is 0 Å². The first-order valence-electron chi connectivity index (χ1n) is 27.8. The summed E-state index contributed by atoms with van der Waals surface area (Å²) < 4.78 is 39.4. The number of carbonyl (C=O) groups excluding carboxylic acids is 3. The predicted molar refractivity (Wildman–Crippen MR) is 297 cm³/mol. The molecule has 11 nitrogen and oxygen atoms in total. The molecule has 0 radical (unpaired) electrons. The van der Waals surface area contributed by atoms with E-state index in [0.717, 1.165) is 128 Å². The van der Waals surface area contributed by atoms with Gasteiger partial charge in [-0.3, -0.25) is 23.4 Å². The van der Waals surface area contributed by atoms with Gasteiger partial charge in [-0.25, -0.2) is 4.57 Å². The second kappa shape index (κ2) is 53.4. The summed E-state index contributed by atoms with van der Waals surface area (Å²) in [5.41, 5.74) is 0. The molecule has 0 aliphatic heterocycles. The number of phosphoric ester groups is 1. The number of aliphatic hydroxyl groups is 1. The summed E-state index contributed by atoms with van der Waals surface area (Å²) in [5, 5.41) is 9.79. The quantitative estimate of drug-likeness (QED) is 0.0197. The molecule has 410 valence electrons. The summed E-state index contributed by atoms with van der Waals surface area (Å²) in [5.74, 6) is -1.58. The van der Waals surface area contributed by atoms with E-state index in [-0.39, 0.29) is 25.9 Å². The summed E-state index contributed by atoms with van der Waals surface area (Å²) in [4.78, 5) is 48.4. The zero-order chi connectivity index (χ0) is 52.7. The number of esters is 3. The number of rotatable bonds is 50. The highest BCUT2D eigenvalue weighted by Gasteiger charge is 2.28. The van der Waals surface area contributed by atoms with Crippen molar-refractivity contribution in [3.63, 3.8) is 0 Å². The van der Waals surface area contributed by atoms with Gasteiger partial charge in [0.05, 0.1) is 19.8 Å². The Kier molecular flexibility index (Phi) is 50.6. The van der Waals surface area contributed by atoms with Crippen molar-refractivity contribution >= 4 is 25.7 Å². The molecular weight excluding hydrogens is 928 g/mol. The Hall–Kier alpha value is -3.86. The Balaban J connectivity index is 4.87. The number of ether oxygens (including phenoxy) is 3. The largest absolute Gasteiger partial charge is 0.472 e. The second-order valence-corrected chi connectivity index (χ2v) is 19.5. The average molecular weight is 1030 g/mol. The minimum atomic E-state index is -4.77. The Morgan fingerprint density at radius 1 is 0.403 bits per heavy atom. The fourth-order valence-electron chi connectivity index (χ4n) is 6.93. The molecule has 0 aromatic rings. The molecule has 3 atom stereocenters. The summed E-state index contributed by atoms with van der Waals surface area (Å²) in [6, 6.07) is 0. The number of allylic oxidation sites excluding steroid dienone is 18. The van der Waals surface area contributed by atoms with Crippen molar-refractivity contribution in [1.82, 2.24) is 0 Å². The molecule has 0 aromatic heterocycles. The van der Waals surface area contributed by atoms with Crippen LogP contribution in [0.3, 0.4) is 0 Å². The molecule has 0 spiro atoms. The molecule has 2 N–H and O–H groups in total. The lowest BCUT2D eigenvalue weighted by molar-refractivity contribution is -0.161. The van der Waals surface area contributed by atoms with Gasteiger partial charge in [-0.1, -0.05) is 188 Å². The lowest BCUT2D eigenvalue weighted by Crippen LogP contribution is -2.30. The van der Waals surface area contributed by atoms with E-state index in [4.69, 9.17) is 23.3 Å². The van der Waals surface area contributed by atoms with Gasteiger partial charge in [0.2, 0.25) is 0 Å². The van der Waals surface area contributed by atoms with E-state index in [2.05, 4.69) is 118 Å². The third-order valence-electron chi connectivity index (χ3n) is 11.1. The van der Waals surface area contributed by atoms with Crippen LogP contribution in [0.25, 0.3) is 0 Å². The van der Waals surface area contributed by atoms with E-state index in [1.807, 2.05) is 12.2 Å². The number of unbranched alkanes of at least 4 members (excludes halogenated alkanes) is 15. The molecule has 0 amide bonds. The molecule has 3 unspecified atom stereocenters. The van der Waals surface area contributed by atoms with Crippen molar-refractivity contribution in [2.75, 3.05) is 26.4 Å². The van der Waals surface area contributed by atoms with Crippen LogP contribution in [-0.4, -0.2) is 66.5 Å². The Bertz CT molecular complexity index is 1620. The van der Waals surface area contributed by atoms with E-state index in [1.165, 1.54) is 19.3 Å². The van der Waals surface area contributed by atoms with Gasteiger partial charge in [0, 0.05) is 19.3 Å². The van der Waals surface area contributed by atoms with Crippen LogP contribution in [0.1, 0.15) is 213 Å². The molecule has 0 aromatic carbocycles. The number of aliphatic hydroxyl groups excluding tert-OH is 1. The highest BCUT2D eigenvalue weighted by molar-refractivity contribution is 7.47. The maximum atomic E-state index is 12.9. The van der Waals surface area contributed by atoms with Gasteiger partial charge in [-0.15, -0.1) is 0 Å². The van der Waals surface area contributed by atoms with Crippen LogP contribution in [0.4, 0.5) is 0 Å². The van der Waals surface area contributed by atoms with Crippen molar-refractivity contribution in [2.45, 2.75) is 226 Å². The van der Waals surface area contributed by atoms with Gasteiger partial charge in [0.25, 0.3) is 0 Å². The minimum Gasteiger partial charge on any atom is -0.462 e. The van der Waals surface area contributed by atoms with E-state index in [1.54, 1.807) is 0 Å². The van der Waals surface area contributed by atoms with Gasteiger partial charge in [-0.05, 0) is 116 Å². The van der Waals surface area contributed by atoms with Crippen molar-refractivity contribution < 1.29 is 52.2 Å². The molecule has 0 saturated heterocycles. The number of phosphoric acid groups is 1. The minimum absolute atomic E-state index is 0.0800. The zero-order valence-corrected chi connectivity index (χ0v) is 46.0. The number of carbonyl (C=O) groups is 3. The van der Waals surface area contributed by atoms with Crippen molar-refractivity contribution in [1.29, 1.82) is 0 Å². The first-order valence-corrected chi connectivity index (χ1v) is 29.3. The van der Waals surface area contributed by atoms with Crippen molar-refractivity contribution in [3.05, 3.63) is 109 Å². The highest BCUT2D eigenvalue weighted by atomic mass is 31.2. The molecule has 0 heterocycles. The van der Waals surface area contributed by atoms with Crippen molar-refractivity contribution in [2.24, 2.45) is 0 Å². The summed E-state index contributed by atoms with van der Waals surface area (Å²) in [6.45, 7) is 4.32. The van der Waals surface area contributed by atoms with Crippen LogP contribution >= 0.6 is 7.82 Å². The first-order chi connectivity index (χ1) is 35.2. The molecular formula is C60H99O11P. The topological polar surface area (TPSA) is 155 Å². The number of hydrogen-bond donors (Lipinski definition) is 2. The fourth-order valence-corrected chi connectivity index (χ4v) is 7.71. The lowest BCUT2D eigenvalue weighted by atomic mass is 10.1. The Morgan fingerprint density at radius 2 is 0.764 bits per heavy atom. The Morgan fingerprint density at radius 3 is 1.22 bits per heavy atom. The summed E-state index contributed by atoms with van der Waals surface area (Å²) in [7, 11) is -4.77. The van der Waals surface area contributed by atoms with Crippen molar-refractivity contribution in [3.8, 4) is 0 Å². The van der Waals surface area contributed by atoms with Crippen LogP contribution in [0.15, 0.2) is 109 Å². The SMILES string of the molecule is CC/C=C\C/C=C\C/C=C\C/C=C\C/C=C\CCCC(=O)OC(COC(=O)CCCCCCC/C=C\C/C=C\CCCCC)COP(=O)(O)OCC(CO)OC(=O)CCCCCCC/C=C\C/C=C\CCC. The monoisotopic (exact) mass is 1030 g/mol. The van der Waals surface area contributed by atoms with Gasteiger partial charge < -0.3 is 24.2 Å². The number of hydrogen-bond acceptors (Lipinski definition) is 10. The average Bonchev–Trinajstić information content (AvgIpc) is 3.37. The summed E-state index contributed by atoms with van der Waals surface area (Å²) in [6.07, 6.45) is 63.4. The standard InChI is InChI=1S/C60H99O11P/c1-4-7-10-13-16-19-22-25-27-28-30-33-36-39-42-45-48-51-60(64)71-57(53-67-58(62)49-46-43-40-37-34-32-29-26-23-20-17-14-11-8-5-2)55-69-72(65,66)68-54-56(52-61)70-59(63)50-47-44-41-38-35-31-24-21-18-15-12-9-6-3/h7,10,12,15-17,19-21,24-27,29-30,33,39,42,56-57,61H,4-6,8-9,11,13-14,18,22-23,28,31-32,34-38,40-41,43-55H2,1-3H3,(H,65,66)/b10-7-,15-12-,19-16-,20-17-,24-21-,27-25-,29-26-,33-30-,42-39-. The zero-order valence-electron chi connectivity index (χ0n) is 45.1. The van der Waals surface area contributed by atoms with Crippen LogP contribution in [-0.2, 0) is 42.2 Å². The molecule has 72 heavy (non-hydrogen) atoms. The van der Waals surface area contributed by atoms with E-state index < -0.39 is 57.8 Å². The van der Waals surface area contributed by atoms with E-state index >= 15 is 0 Å². The predicted octanol–water partition coefficient (Wildman–Crippen LogP) is 16.2. The fraction of sp³-hybridized carbons (Fsp3) is 0.650. The molecule has 0 aliphatic rings. The third kappa shape index (κ3) is 51.1. The van der Waals surface area contributed by atoms with Gasteiger partial charge in [-0.2, -0.15) is 0 Å². The van der Waals surface area contributed by atoms with Crippen LogP contribution in [0.2, 0.25) is 0 Å². The highest BCUT2D eigenvalue weighted by Crippen LogP contribution is 2.43. The normalized spacial score (nSPS) is 14.2. The van der Waals surface area contributed by atoms with Gasteiger partial charge in [0.15, 0.2) is 6.10 Å². The first kappa shape index (κ1) is 68.1. The van der Waals surface area contributed by atoms with Crippen LogP contribution in [0, 0.1) is 0 Å². The molecule has 0 rings (SSSR count). The third-order valence-corrected chi connectivity index (χ3v) is 12.1. The molecule has 0 fully saturated rings.